The van der Waals surface area contributed by atoms with E-state index in [2.05, 4.69) is 26.1 Å². The summed E-state index contributed by atoms with van der Waals surface area (Å²) in [5.41, 5.74) is 0.919. The number of aliphatic hydroxyl groups is 1. The maximum absolute atomic E-state index is 9.93. The first-order valence-corrected chi connectivity index (χ1v) is 6.27. The van der Waals surface area contributed by atoms with Gasteiger partial charge in [-0.05, 0) is 24.1 Å². The molecule has 0 aliphatic rings. The van der Waals surface area contributed by atoms with E-state index < -0.39 is 6.10 Å². The van der Waals surface area contributed by atoms with Crippen LogP contribution in [0, 0.1) is 0 Å². The topological polar surface area (TPSA) is 41.5 Å². The van der Waals surface area contributed by atoms with Crippen molar-refractivity contribution < 1.29 is 9.84 Å². The van der Waals surface area contributed by atoms with Gasteiger partial charge in [0.25, 0.3) is 0 Å². The van der Waals surface area contributed by atoms with Gasteiger partial charge in [0, 0.05) is 12.6 Å². The van der Waals surface area contributed by atoms with Crippen molar-refractivity contribution in [3.63, 3.8) is 0 Å². The van der Waals surface area contributed by atoms with Gasteiger partial charge in [-0.25, -0.2) is 0 Å². The number of rotatable bonds is 7. The maximum Gasteiger partial charge on any atom is 0.119 e. The van der Waals surface area contributed by atoms with E-state index >= 15 is 0 Å². The number of hydrogen-bond acceptors (Lipinski definition) is 3. The van der Waals surface area contributed by atoms with Crippen LogP contribution in [-0.2, 0) is 0 Å². The van der Waals surface area contributed by atoms with Crippen molar-refractivity contribution in [1.82, 2.24) is 5.32 Å². The third-order valence-electron chi connectivity index (χ3n) is 2.46. The maximum atomic E-state index is 9.93. The number of ether oxygens (including phenoxy) is 1. The van der Waals surface area contributed by atoms with E-state index in [1.807, 2.05) is 24.3 Å². The van der Waals surface area contributed by atoms with Gasteiger partial charge < -0.3 is 15.2 Å². The third kappa shape index (κ3) is 5.20. The fourth-order valence-corrected chi connectivity index (χ4v) is 1.47. The molecule has 1 aromatic rings. The first-order chi connectivity index (χ1) is 8.13. The predicted molar refractivity (Wildman–Crippen MR) is 70.3 cm³/mol. The summed E-state index contributed by atoms with van der Waals surface area (Å²) in [5, 5.41) is 13.1. The summed E-state index contributed by atoms with van der Waals surface area (Å²) < 4.78 is 5.49. The highest BCUT2D eigenvalue weighted by atomic mass is 16.5. The fourth-order valence-electron chi connectivity index (χ4n) is 1.47. The van der Waals surface area contributed by atoms with Crippen LogP contribution in [0.15, 0.2) is 24.3 Å². The third-order valence-corrected chi connectivity index (χ3v) is 2.46. The second-order valence-electron chi connectivity index (χ2n) is 4.50. The lowest BCUT2D eigenvalue weighted by atomic mass is 10.1. The molecule has 3 heteroatoms. The van der Waals surface area contributed by atoms with Gasteiger partial charge in [-0.3, -0.25) is 0 Å². The highest BCUT2D eigenvalue weighted by Gasteiger charge is 2.07. The molecule has 0 heterocycles. The van der Waals surface area contributed by atoms with Crippen molar-refractivity contribution in [2.24, 2.45) is 0 Å². The van der Waals surface area contributed by atoms with Crippen molar-refractivity contribution in [1.29, 1.82) is 0 Å². The Morgan fingerprint density at radius 2 is 1.88 bits per heavy atom. The summed E-state index contributed by atoms with van der Waals surface area (Å²) in [4.78, 5) is 0. The zero-order chi connectivity index (χ0) is 12.7. The smallest absolute Gasteiger partial charge is 0.119 e. The molecular weight excluding hydrogens is 214 g/mol. The Kier molecular flexibility index (Phi) is 6.01. The molecule has 0 saturated heterocycles. The minimum atomic E-state index is -0.461. The van der Waals surface area contributed by atoms with Gasteiger partial charge in [-0.2, -0.15) is 0 Å². The molecule has 96 valence electrons. The molecule has 17 heavy (non-hydrogen) atoms. The number of hydrogen-bond donors (Lipinski definition) is 2. The van der Waals surface area contributed by atoms with Gasteiger partial charge in [0.15, 0.2) is 0 Å². The Bertz CT molecular complexity index is 309. The van der Waals surface area contributed by atoms with E-state index in [1.165, 1.54) is 0 Å². The average Bonchev–Trinajstić information content (AvgIpc) is 2.34. The van der Waals surface area contributed by atoms with E-state index in [0.29, 0.717) is 12.6 Å². The van der Waals surface area contributed by atoms with Crippen LogP contribution < -0.4 is 10.1 Å². The van der Waals surface area contributed by atoms with Gasteiger partial charge >= 0.3 is 0 Å². The molecule has 1 unspecified atom stereocenters. The standard InChI is InChI=1S/C14H23NO2/c1-4-9-17-13-7-5-12(6-8-13)14(16)10-15-11(2)3/h5-8,11,14-16H,4,9-10H2,1-3H3. The van der Waals surface area contributed by atoms with E-state index in [0.717, 1.165) is 24.3 Å². The average molecular weight is 237 g/mol. The van der Waals surface area contributed by atoms with Crippen LogP contribution in [0.5, 0.6) is 5.75 Å². The van der Waals surface area contributed by atoms with E-state index in [9.17, 15) is 5.11 Å². The van der Waals surface area contributed by atoms with Gasteiger partial charge in [0.1, 0.15) is 5.75 Å². The Labute approximate surface area is 104 Å². The quantitative estimate of drug-likeness (QED) is 0.765. The highest BCUT2D eigenvalue weighted by molar-refractivity contribution is 5.28. The van der Waals surface area contributed by atoms with E-state index in [-0.39, 0.29) is 0 Å². The summed E-state index contributed by atoms with van der Waals surface area (Å²) in [7, 11) is 0. The van der Waals surface area contributed by atoms with Crippen LogP contribution in [0.2, 0.25) is 0 Å². The Balaban J connectivity index is 2.48. The molecule has 2 N–H and O–H groups in total. The Morgan fingerprint density at radius 3 is 2.41 bits per heavy atom. The largest absolute Gasteiger partial charge is 0.494 e. The van der Waals surface area contributed by atoms with Crippen LogP contribution in [0.1, 0.15) is 38.9 Å². The summed E-state index contributed by atoms with van der Waals surface area (Å²) in [6, 6.07) is 8.03. The molecule has 0 bridgehead atoms. The summed E-state index contributed by atoms with van der Waals surface area (Å²) >= 11 is 0. The molecular formula is C14H23NO2. The highest BCUT2D eigenvalue weighted by Crippen LogP contribution is 2.17. The lowest BCUT2D eigenvalue weighted by molar-refractivity contribution is 0.171. The van der Waals surface area contributed by atoms with E-state index in [1.54, 1.807) is 0 Å². The minimum Gasteiger partial charge on any atom is -0.494 e. The van der Waals surface area contributed by atoms with Crippen LogP contribution >= 0.6 is 0 Å². The van der Waals surface area contributed by atoms with Crippen LogP contribution in [0.4, 0.5) is 0 Å². The summed E-state index contributed by atoms with van der Waals surface area (Å²) in [6.45, 7) is 7.52. The van der Waals surface area contributed by atoms with Gasteiger partial charge in [0.05, 0.1) is 12.7 Å². The van der Waals surface area contributed by atoms with Crippen LogP contribution in [0.25, 0.3) is 0 Å². The summed E-state index contributed by atoms with van der Waals surface area (Å²) in [5.74, 6) is 0.861. The number of benzene rings is 1. The van der Waals surface area contributed by atoms with Crippen LogP contribution in [0.3, 0.4) is 0 Å². The van der Waals surface area contributed by atoms with Crippen molar-refractivity contribution >= 4 is 0 Å². The molecule has 1 atom stereocenters. The molecule has 0 saturated carbocycles. The monoisotopic (exact) mass is 237 g/mol. The van der Waals surface area contributed by atoms with Gasteiger partial charge in [0.2, 0.25) is 0 Å². The Hall–Kier alpha value is -1.06. The predicted octanol–water partition coefficient (Wildman–Crippen LogP) is 2.51. The molecule has 1 rings (SSSR count). The molecule has 0 aromatic heterocycles. The normalized spacial score (nSPS) is 12.8. The first-order valence-electron chi connectivity index (χ1n) is 6.27. The minimum absolute atomic E-state index is 0.386. The molecule has 0 fully saturated rings. The Morgan fingerprint density at radius 1 is 1.24 bits per heavy atom. The van der Waals surface area contributed by atoms with E-state index in [4.69, 9.17) is 4.74 Å². The lowest BCUT2D eigenvalue weighted by Crippen LogP contribution is -2.27. The second kappa shape index (κ2) is 7.30. The fraction of sp³-hybridized carbons (Fsp3) is 0.571. The lowest BCUT2D eigenvalue weighted by Gasteiger charge is -2.14. The SMILES string of the molecule is CCCOc1ccc(C(O)CNC(C)C)cc1. The molecule has 0 aliphatic carbocycles. The molecule has 0 amide bonds. The molecule has 0 radical (unpaired) electrons. The van der Waals surface area contributed by atoms with Crippen molar-refractivity contribution in [3.05, 3.63) is 29.8 Å². The summed E-state index contributed by atoms with van der Waals surface area (Å²) in [6.07, 6.45) is 0.542. The zero-order valence-electron chi connectivity index (χ0n) is 10.9. The van der Waals surface area contributed by atoms with Crippen molar-refractivity contribution in [2.45, 2.75) is 39.3 Å². The molecule has 0 spiro atoms. The molecule has 3 nitrogen and oxygen atoms in total. The van der Waals surface area contributed by atoms with Gasteiger partial charge in [-0.15, -0.1) is 0 Å². The molecule has 1 aromatic carbocycles. The zero-order valence-corrected chi connectivity index (χ0v) is 10.9. The van der Waals surface area contributed by atoms with Crippen LogP contribution in [-0.4, -0.2) is 24.3 Å². The number of nitrogens with one attached hydrogen (secondary N) is 1. The van der Waals surface area contributed by atoms with Crippen molar-refractivity contribution in [2.75, 3.05) is 13.2 Å². The number of aliphatic hydroxyl groups excluding tert-OH is 1. The van der Waals surface area contributed by atoms with Gasteiger partial charge in [-0.1, -0.05) is 32.9 Å². The first kappa shape index (κ1) is 14.0. The van der Waals surface area contributed by atoms with Crippen molar-refractivity contribution in [3.8, 4) is 5.75 Å². The second-order valence-corrected chi connectivity index (χ2v) is 4.50. The molecule has 0 aliphatic heterocycles.